The topological polar surface area (TPSA) is 55.2 Å². The zero-order chi connectivity index (χ0) is 20.5. The van der Waals surface area contributed by atoms with E-state index < -0.39 is 0 Å². The number of imidazole rings is 1. The van der Waals surface area contributed by atoms with Crippen LogP contribution in [0.15, 0.2) is 61.1 Å². The summed E-state index contributed by atoms with van der Waals surface area (Å²) in [5.41, 5.74) is 6.15. The molecule has 0 unspecified atom stereocenters. The van der Waals surface area contributed by atoms with Crippen LogP contribution in [0.1, 0.15) is 0 Å². The third-order valence-corrected chi connectivity index (χ3v) is 5.71. The second-order valence-electron chi connectivity index (χ2n) is 7.38. The first-order valence-corrected chi connectivity index (χ1v) is 10.3. The number of ether oxygens (including phenoxy) is 1. The minimum Gasteiger partial charge on any atom is -0.378 e. The van der Waals surface area contributed by atoms with Gasteiger partial charge >= 0.3 is 0 Å². The van der Waals surface area contributed by atoms with Crippen LogP contribution < -0.4 is 10.2 Å². The number of pyridine rings is 1. The maximum absolute atomic E-state index is 6.47. The molecule has 1 saturated heterocycles. The Hall–Kier alpha value is -3.09. The summed E-state index contributed by atoms with van der Waals surface area (Å²) in [5.74, 6) is 0.745. The molecule has 0 atom stereocenters. The van der Waals surface area contributed by atoms with E-state index in [1.54, 1.807) is 6.20 Å². The van der Waals surface area contributed by atoms with E-state index in [2.05, 4.69) is 62.6 Å². The van der Waals surface area contributed by atoms with Crippen LogP contribution >= 0.6 is 11.6 Å². The molecule has 0 radical (unpaired) electrons. The van der Waals surface area contributed by atoms with E-state index in [-0.39, 0.29) is 0 Å². The summed E-state index contributed by atoms with van der Waals surface area (Å²) in [6.45, 7) is 3.41. The molecule has 1 aliphatic rings. The van der Waals surface area contributed by atoms with Crippen LogP contribution in [0, 0.1) is 0 Å². The molecule has 0 aliphatic carbocycles. The predicted molar refractivity (Wildman–Crippen MR) is 122 cm³/mol. The van der Waals surface area contributed by atoms with Gasteiger partial charge in [0, 0.05) is 43.3 Å². The average molecular weight is 420 g/mol. The van der Waals surface area contributed by atoms with Crippen molar-refractivity contribution in [3.05, 3.63) is 66.1 Å². The van der Waals surface area contributed by atoms with Gasteiger partial charge in [0.25, 0.3) is 0 Å². The highest BCUT2D eigenvalue weighted by molar-refractivity contribution is 6.33. The molecular weight excluding hydrogens is 398 g/mol. The molecule has 1 fully saturated rings. The molecule has 5 rings (SSSR count). The molecule has 4 aromatic rings. The van der Waals surface area contributed by atoms with E-state index in [0.717, 1.165) is 60.0 Å². The fraction of sp³-hybridized carbons (Fsp3) is 0.217. The maximum Gasteiger partial charge on any atom is 0.131 e. The van der Waals surface area contributed by atoms with Gasteiger partial charge in [-0.1, -0.05) is 17.7 Å². The van der Waals surface area contributed by atoms with E-state index in [4.69, 9.17) is 16.3 Å². The number of aryl methyl sites for hydroxylation is 1. The second kappa shape index (κ2) is 7.97. The van der Waals surface area contributed by atoms with Crippen LogP contribution in [0.4, 0.5) is 17.2 Å². The maximum atomic E-state index is 6.47. The molecule has 1 N–H and O–H groups in total. The fourth-order valence-corrected chi connectivity index (χ4v) is 3.97. The van der Waals surface area contributed by atoms with Crippen molar-refractivity contribution >= 4 is 39.8 Å². The summed E-state index contributed by atoms with van der Waals surface area (Å²) in [7, 11) is 1.99. The molecule has 2 aromatic heterocycles. The molecule has 2 aromatic carbocycles. The number of aromatic nitrogens is 3. The zero-order valence-electron chi connectivity index (χ0n) is 16.7. The number of anilines is 3. The number of fused-ring (bicyclic) bond motifs is 1. The third kappa shape index (κ3) is 3.72. The fourth-order valence-electron chi connectivity index (χ4n) is 3.76. The molecule has 0 bridgehead atoms. The summed E-state index contributed by atoms with van der Waals surface area (Å²) < 4.78 is 7.43. The number of halogens is 1. The Labute approximate surface area is 180 Å². The largest absolute Gasteiger partial charge is 0.378 e. The molecule has 30 heavy (non-hydrogen) atoms. The van der Waals surface area contributed by atoms with Crippen molar-refractivity contribution in [2.24, 2.45) is 7.05 Å². The van der Waals surface area contributed by atoms with Gasteiger partial charge < -0.3 is 19.5 Å². The molecule has 7 heteroatoms. The molecule has 152 valence electrons. The van der Waals surface area contributed by atoms with E-state index in [0.29, 0.717) is 5.02 Å². The predicted octanol–water partition coefficient (Wildman–Crippen LogP) is 4.87. The van der Waals surface area contributed by atoms with E-state index in [1.165, 1.54) is 5.69 Å². The molecule has 0 saturated carbocycles. The molecule has 0 spiro atoms. The van der Waals surface area contributed by atoms with Crippen LogP contribution in [0.3, 0.4) is 0 Å². The Morgan fingerprint density at radius 2 is 1.80 bits per heavy atom. The van der Waals surface area contributed by atoms with Crippen molar-refractivity contribution in [3.8, 4) is 11.1 Å². The second-order valence-corrected chi connectivity index (χ2v) is 7.79. The number of morpholine rings is 1. The number of nitrogens with one attached hydrogen (secondary N) is 1. The minimum absolute atomic E-state index is 0.610. The average Bonchev–Trinajstić information content (AvgIpc) is 3.16. The Kier molecular flexibility index (Phi) is 5.02. The first-order chi connectivity index (χ1) is 14.7. The molecule has 0 amide bonds. The van der Waals surface area contributed by atoms with Crippen LogP contribution in [-0.4, -0.2) is 40.8 Å². The Bertz CT molecular complexity index is 1180. The first-order valence-electron chi connectivity index (χ1n) is 9.94. The van der Waals surface area contributed by atoms with E-state index in [1.807, 2.05) is 24.0 Å². The first kappa shape index (κ1) is 18.9. The van der Waals surface area contributed by atoms with Crippen molar-refractivity contribution in [1.82, 2.24) is 14.5 Å². The van der Waals surface area contributed by atoms with E-state index in [9.17, 15) is 0 Å². The Morgan fingerprint density at radius 3 is 2.60 bits per heavy atom. The smallest absolute Gasteiger partial charge is 0.131 e. The highest BCUT2D eigenvalue weighted by Crippen LogP contribution is 2.32. The van der Waals surface area contributed by atoms with Crippen molar-refractivity contribution in [2.75, 3.05) is 36.5 Å². The van der Waals surface area contributed by atoms with Crippen LogP contribution in [0.25, 0.3) is 22.2 Å². The molecule has 3 heterocycles. The van der Waals surface area contributed by atoms with Crippen molar-refractivity contribution in [3.63, 3.8) is 0 Å². The number of benzene rings is 2. The number of hydrogen-bond donors (Lipinski definition) is 1. The van der Waals surface area contributed by atoms with Crippen molar-refractivity contribution in [1.29, 1.82) is 0 Å². The Balaban J connectivity index is 1.38. The van der Waals surface area contributed by atoms with Gasteiger partial charge in [-0.05, 0) is 48.0 Å². The summed E-state index contributed by atoms with van der Waals surface area (Å²) in [5, 5.41) is 3.99. The molecule has 6 nitrogen and oxygen atoms in total. The monoisotopic (exact) mass is 419 g/mol. The Morgan fingerprint density at radius 1 is 1.00 bits per heavy atom. The number of rotatable bonds is 4. The van der Waals surface area contributed by atoms with Crippen LogP contribution in [0.5, 0.6) is 0 Å². The highest BCUT2D eigenvalue weighted by atomic mass is 35.5. The molecule has 1 aliphatic heterocycles. The number of nitrogens with zero attached hydrogens (tertiary/aromatic N) is 4. The van der Waals surface area contributed by atoms with Crippen LogP contribution in [0.2, 0.25) is 5.02 Å². The van der Waals surface area contributed by atoms with Crippen molar-refractivity contribution < 1.29 is 4.74 Å². The third-order valence-electron chi connectivity index (χ3n) is 5.41. The lowest BCUT2D eigenvalue weighted by Crippen LogP contribution is -2.36. The molecular formula is C23H22ClN5O. The van der Waals surface area contributed by atoms with Gasteiger partial charge in [-0.15, -0.1) is 0 Å². The normalized spacial score (nSPS) is 14.3. The zero-order valence-corrected chi connectivity index (χ0v) is 17.4. The summed E-state index contributed by atoms with van der Waals surface area (Å²) in [4.78, 5) is 11.2. The van der Waals surface area contributed by atoms with Gasteiger partial charge in [0.05, 0.1) is 35.6 Å². The van der Waals surface area contributed by atoms with Gasteiger partial charge in [0.2, 0.25) is 0 Å². The lowest BCUT2D eigenvalue weighted by atomic mass is 10.1. The summed E-state index contributed by atoms with van der Waals surface area (Å²) in [6, 6.07) is 16.5. The summed E-state index contributed by atoms with van der Waals surface area (Å²) in [6.07, 6.45) is 3.50. The number of hydrogen-bond acceptors (Lipinski definition) is 5. The van der Waals surface area contributed by atoms with Crippen molar-refractivity contribution in [2.45, 2.75) is 0 Å². The standard InChI is InChI=1S/C23H22ClN5O/c1-28-15-26-21-12-16(2-7-22(21)28)19-13-23(25-14-20(19)24)27-17-3-5-18(6-4-17)29-8-10-30-11-9-29/h2-7,12-15H,8-11H2,1H3,(H,25,27). The minimum atomic E-state index is 0.610. The van der Waals surface area contributed by atoms with Crippen LogP contribution in [-0.2, 0) is 11.8 Å². The van der Waals surface area contributed by atoms with Gasteiger partial charge in [-0.3, -0.25) is 0 Å². The lowest BCUT2D eigenvalue weighted by molar-refractivity contribution is 0.122. The van der Waals surface area contributed by atoms with Gasteiger partial charge in [-0.2, -0.15) is 0 Å². The lowest BCUT2D eigenvalue weighted by Gasteiger charge is -2.28. The SMILES string of the molecule is Cn1cnc2cc(-c3cc(Nc4ccc(N5CCOCC5)cc4)ncc3Cl)ccc21. The highest BCUT2D eigenvalue weighted by Gasteiger charge is 2.12. The van der Waals surface area contributed by atoms with Gasteiger partial charge in [-0.25, -0.2) is 9.97 Å². The van der Waals surface area contributed by atoms with Gasteiger partial charge in [0.1, 0.15) is 5.82 Å². The van der Waals surface area contributed by atoms with Gasteiger partial charge in [0.15, 0.2) is 0 Å². The van der Waals surface area contributed by atoms with E-state index >= 15 is 0 Å². The quantitative estimate of drug-likeness (QED) is 0.511. The summed E-state index contributed by atoms with van der Waals surface area (Å²) >= 11 is 6.47.